The number of hydrogen-bond acceptors (Lipinski definition) is 7. The Hall–Kier alpha value is 0.320. The Labute approximate surface area is 249 Å². The van der Waals surface area contributed by atoms with Gasteiger partial charge < -0.3 is 25.5 Å². The van der Waals surface area contributed by atoms with Crippen LogP contribution in [0.3, 0.4) is 0 Å². The quantitative estimate of drug-likeness (QED) is 0.0914. The van der Waals surface area contributed by atoms with Crippen molar-refractivity contribution in [3.63, 3.8) is 0 Å². The number of rotatable bonds is 20. The summed E-state index contributed by atoms with van der Waals surface area (Å²) in [6.45, 7) is 2.28. The monoisotopic (exact) mass is 525 g/mol. The maximum Gasteiger partial charge on any atom is 1.00 e. The van der Waals surface area contributed by atoms with Crippen LogP contribution in [0.1, 0.15) is 116 Å². The number of unbranched alkanes of at least 4 members (excludes halogenated alkanes) is 14. The minimum atomic E-state index is -4.94. The van der Waals surface area contributed by atoms with Gasteiger partial charge in [-0.15, -0.1) is 0 Å². The van der Waals surface area contributed by atoms with E-state index in [2.05, 4.69) is 6.92 Å². The van der Waals surface area contributed by atoms with Crippen LogP contribution in [-0.4, -0.2) is 36.1 Å². The van der Waals surface area contributed by atoms with Crippen molar-refractivity contribution in [1.29, 1.82) is 0 Å². The average molecular weight is 526 g/mol. The number of carbonyl (C=O) groups is 3. The predicted molar refractivity (Wildman–Crippen MR) is 119 cm³/mol. The van der Waals surface area contributed by atoms with Gasteiger partial charge in [0.2, 0.25) is 5.91 Å². The van der Waals surface area contributed by atoms with Gasteiger partial charge in [0.1, 0.15) is 5.25 Å². The van der Waals surface area contributed by atoms with Gasteiger partial charge in [-0.1, -0.05) is 96.8 Å². The van der Waals surface area contributed by atoms with E-state index in [-0.39, 0.29) is 65.0 Å². The van der Waals surface area contributed by atoms with Crippen molar-refractivity contribution in [3.05, 3.63) is 0 Å². The standard InChI is InChI=1S/C18H37NO.C4H6O7S.2Na/c1-2-3-4-5-6-7-8-9-10-11-12-13-14-15-16-17-18(19)20;5-3(6)1-2(4(7)8)12(9,10)11;;/h2-17H2,1H3,(H2,19,20);2H,1H2,(H,5,6)(H,7,8)(H,9,10,11);;/q;;2*+1/p-2. The third kappa shape index (κ3) is 32.3. The fraction of sp³-hybridized carbons (Fsp3) is 0.864. The van der Waals surface area contributed by atoms with E-state index in [4.69, 9.17) is 10.3 Å². The second-order valence-electron chi connectivity index (χ2n) is 8.06. The number of nitrogens with two attached hydrogens (primary N) is 1. The van der Waals surface area contributed by atoms with Crippen LogP contribution in [0.2, 0.25) is 0 Å². The van der Waals surface area contributed by atoms with Crippen molar-refractivity contribution < 1.29 is 96.7 Å². The molecule has 34 heavy (non-hydrogen) atoms. The predicted octanol–water partition coefficient (Wildman–Crippen LogP) is -4.13. The Morgan fingerprint density at radius 2 is 1.06 bits per heavy atom. The summed E-state index contributed by atoms with van der Waals surface area (Å²) >= 11 is 0. The van der Waals surface area contributed by atoms with E-state index < -0.39 is 33.7 Å². The number of carboxylic acids is 2. The first kappa shape index (κ1) is 41.4. The van der Waals surface area contributed by atoms with Crippen molar-refractivity contribution in [1.82, 2.24) is 0 Å². The van der Waals surface area contributed by atoms with Crippen LogP contribution >= 0.6 is 0 Å². The molecular weight excluding hydrogens is 484 g/mol. The van der Waals surface area contributed by atoms with E-state index in [1.165, 1.54) is 89.9 Å². The number of carbonyl (C=O) groups excluding carboxylic acids is 3. The summed E-state index contributed by atoms with van der Waals surface area (Å²) in [6, 6.07) is 0. The van der Waals surface area contributed by atoms with Gasteiger partial charge in [-0.2, -0.15) is 8.42 Å². The van der Waals surface area contributed by atoms with E-state index in [0.717, 1.165) is 6.42 Å². The summed E-state index contributed by atoms with van der Waals surface area (Å²) in [6.07, 6.45) is 19.5. The van der Waals surface area contributed by atoms with Gasteiger partial charge in [0, 0.05) is 18.8 Å². The molecule has 12 heteroatoms. The second-order valence-corrected chi connectivity index (χ2v) is 9.66. The molecule has 0 fully saturated rings. The Bertz CT molecular complexity index is 618. The van der Waals surface area contributed by atoms with Gasteiger partial charge in [-0.05, 0) is 6.42 Å². The molecule has 1 atom stereocenters. The van der Waals surface area contributed by atoms with E-state index >= 15 is 0 Å². The normalized spacial score (nSPS) is 11.2. The molecule has 1 unspecified atom stereocenters. The zero-order valence-corrected chi connectivity index (χ0v) is 26.2. The molecule has 190 valence electrons. The minimum absolute atomic E-state index is 0. The van der Waals surface area contributed by atoms with Gasteiger partial charge in [-0.3, -0.25) is 9.35 Å². The molecule has 1 amide bonds. The largest absolute Gasteiger partial charge is 1.00 e. The van der Waals surface area contributed by atoms with Crippen molar-refractivity contribution in [2.75, 3.05) is 0 Å². The fourth-order valence-electron chi connectivity index (χ4n) is 3.13. The van der Waals surface area contributed by atoms with Crippen molar-refractivity contribution in [2.45, 2.75) is 121 Å². The molecule has 9 nitrogen and oxygen atoms in total. The molecule has 0 spiro atoms. The maximum atomic E-state index is 10.6. The first-order valence-corrected chi connectivity index (χ1v) is 13.2. The van der Waals surface area contributed by atoms with Gasteiger partial charge in [0.15, 0.2) is 0 Å². The molecule has 0 aromatic rings. The molecule has 0 radical (unpaired) electrons. The molecular formula is C22H41NNa2O8S. The number of aliphatic carboxylic acids is 2. The van der Waals surface area contributed by atoms with E-state index in [1.807, 2.05) is 0 Å². The molecule has 0 heterocycles. The number of carboxylic acid groups (broad SMARTS) is 2. The van der Waals surface area contributed by atoms with Crippen LogP contribution in [0, 0.1) is 0 Å². The first-order chi connectivity index (χ1) is 15.0. The van der Waals surface area contributed by atoms with Crippen molar-refractivity contribution in [2.24, 2.45) is 5.73 Å². The van der Waals surface area contributed by atoms with Crippen molar-refractivity contribution in [3.8, 4) is 0 Å². The summed E-state index contributed by atoms with van der Waals surface area (Å²) in [7, 11) is -4.94. The van der Waals surface area contributed by atoms with Gasteiger partial charge in [-0.25, -0.2) is 0 Å². The molecule has 3 N–H and O–H groups in total. The SMILES string of the molecule is CCCCCCCCCCCCCCCCCC(N)=O.O=C([O-])CC(C(=O)[O-])S(=O)(=O)O.[Na+].[Na+]. The smallest absolute Gasteiger partial charge is 0.550 e. The van der Waals surface area contributed by atoms with Crippen LogP contribution < -0.4 is 75.1 Å². The molecule has 0 saturated carbocycles. The first-order valence-electron chi connectivity index (χ1n) is 11.7. The molecule has 0 bridgehead atoms. The van der Waals surface area contributed by atoms with Gasteiger partial charge in [0.25, 0.3) is 10.1 Å². The second kappa shape index (κ2) is 27.9. The van der Waals surface area contributed by atoms with Crippen LogP contribution in [0.25, 0.3) is 0 Å². The minimum Gasteiger partial charge on any atom is -0.550 e. The summed E-state index contributed by atoms with van der Waals surface area (Å²) in [5.74, 6) is -4.23. The summed E-state index contributed by atoms with van der Waals surface area (Å²) in [5, 5.41) is 17.3. The Kier molecular flexibility index (Phi) is 34.0. The zero-order chi connectivity index (χ0) is 24.8. The molecule has 0 aliphatic carbocycles. The summed E-state index contributed by atoms with van der Waals surface area (Å²) in [4.78, 5) is 30.3. The molecule has 0 rings (SSSR count). The molecule has 0 aromatic carbocycles. The third-order valence-electron chi connectivity index (χ3n) is 5.00. The topological polar surface area (TPSA) is 178 Å². The number of hydrogen-bond donors (Lipinski definition) is 2. The fourth-order valence-corrected chi connectivity index (χ4v) is 3.72. The Morgan fingerprint density at radius 1 is 0.735 bits per heavy atom. The van der Waals surface area contributed by atoms with Crippen LogP contribution in [0.5, 0.6) is 0 Å². The molecule has 0 aliphatic rings. The van der Waals surface area contributed by atoms with Gasteiger partial charge >= 0.3 is 59.1 Å². The zero-order valence-electron chi connectivity index (χ0n) is 21.4. The van der Waals surface area contributed by atoms with E-state index in [1.54, 1.807) is 0 Å². The van der Waals surface area contributed by atoms with Crippen LogP contribution in [0.15, 0.2) is 0 Å². The molecule has 0 aliphatic heterocycles. The Morgan fingerprint density at radius 3 is 1.26 bits per heavy atom. The van der Waals surface area contributed by atoms with Crippen molar-refractivity contribution >= 4 is 28.0 Å². The number of primary amides is 1. The summed E-state index contributed by atoms with van der Waals surface area (Å²) < 4.78 is 28.5. The summed E-state index contributed by atoms with van der Waals surface area (Å²) in [5.41, 5.74) is 5.11. The molecule has 0 aromatic heterocycles. The molecule has 0 saturated heterocycles. The van der Waals surface area contributed by atoms with Crippen LogP contribution in [-0.2, 0) is 24.5 Å². The van der Waals surface area contributed by atoms with E-state index in [0.29, 0.717) is 6.42 Å². The average Bonchev–Trinajstić information content (AvgIpc) is 2.68. The maximum absolute atomic E-state index is 10.6. The Balaban J connectivity index is -0.000000279. The van der Waals surface area contributed by atoms with Gasteiger partial charge in [0.05, 0.1) is 5.97 Å². The van der Waals surface area contributed by atoms with Crippen LogP contribution in [0.4, 0.5) is 0 Å². The van der Waals surface area contributed by atoms with E-state index in [9.17, 15) is 33.0 Å². The third-order valence-corrected chi connectivity index (χ3v) is 6.08. The number of amides is 1.